The van der Waals surface area contributed by atoms with Crippen LogP contribution in [0, 0.1) is 0 Å². The Morgan fingerprint density at radius 2 is 1.80 bits per heavy atom. The van der Waals surface area contributed by atoms with Crippen molar-refractivity contribution < 1.29 is 64.3 Å². The molecule has 10 heavy (non-hydrogen) atoms. The normalized spacial score (nSPS) is 10.4. The van der Waals surface area contributed by atoms with E-state index in [-0.39, 0.29) is 57.8 Å². The van der Waals surface area contributed by atoms with E-state index in [2.05, 4.69) is 6.58 Å². The fourth-order valence-electron chi connectivity index (χ4n) is 0.485. The first kappa shape index (κ1) is 13.8. The van der Waals surface area contributed by atoms with Gasteiger partial charge in [-0.15, -0.1) is 12.1 Å². The van der Waals surface area contributed by atoms with Gasteiger partial charge in [0.25, 0.3) is 0 Å². The molecule has 0 fully saturated rings. The molecule has 0 saturated carbocycles. The van der Waals surface area contributed by atoms with Gasteiger partial charge in [-0.25, -0.2) is 0 Å². The zero-order chi connectivity index (χ0) is 7.49. The van der Waals surface area contributed by atoms with Gasteiger partial charge in [-0.05, 0) is 0 Å². The van der Waals surface area contributed by atoms with Crippen molar-refractivity contribution in [1.29, 1.82) is 0 Å². The summed E-state index contributed by atoms with van der Waals surface area (Å²) in [6, 6.07) is 0. The number of allylic oxidation sites excluding steroid dienone is 1. The smallest absolute Gasteiger partial charge is 0.445 e. The zero-order valence-electron chi connectivity index (χ0n) is 6.33. The zero-order valence-corrected chi connectivity index (χ0v) is 9.46. The molecular formula is C5H9BF3K. The van der Waals surface area contributed by atoms with E-state index in [1.54, 1.807) is 6.92 Å². The molecule has 0 bridgehead atoms. The first-order chi connectivity index (χ1) is 3.98. The summed E-state index contributed by atoms with van der Waals surface area (Å²) in [7, 11) is 0. The van der Waals surface area contributed by atoms with E-state index in [0.717, 1.165) is 0 Å². The minimum Gasteiger partial charge on any atom is -0.445 e. The van der Waals surface area contributed by atoms with Crippen molar-refractivity contribution in [3.63, 3.8) is 0 Å². The molecule has 0 nitrogen and oxygen atoms in total. The van der Waals surface area contributed by atoms with Crippen LogP contribution in [0.3, 0.4) is 0 Å². The summed E-state index contributed by atoms with van der Waals surface area (Å²) in [5, 5.41) is 0. The van der Waals surface area contributed by atoms with Crippen LogP contribution in [0.15, 0.2) is 12.1 Å². The Hall–Kier alpha value is 1.23. The summed E-state index contributed by atoms with van der Waals surface area (Å²) in [5.74, 6) is 0. The van der Waals surface area contributed by atoms with Crippen molar-refractivity contribution in [2.45, 2.75) is 19.8 Å². The van der Waals surface area contributed by atoms with Crippen LogP contribution in [0.1, 0.15) is 19.8 Å². The first-order valence-corrected chi connectivity index (χ1v) is 2.86. The maximum absolute atomic E-state index is 11.6. The van der Waals surface area contributed by atoms with Crippen molar-refractivity contribution in [3.8, 4) is 0 Å². The molecule has 0 N–H and O–H groups in total. The number of hydrogen-bond donors (Lipinski definition) is 0. The molecule has 0 amide bonds. The molecule has 0 aromatic carbocycles. The van der Waals surface area contributed by atoms with Crippen molar-refractivity contribution in [3.05, 3.63) is 12.1 Å². The summed E-state index contributed by atoms with van der Waals surface area (Å²) in [6.45, 7) is -0.146. The van der Waals surface area contributed by atoms with E-state index < -0.39 is 12.4 Å². The SMILES string of the molecule is C=C(CCC)[B-](F)(F)F.[K+]. The largest absolute Gasteiger partial charge is 1.00 e. The minimum absolute atomic E-state index is 0. The number of halogens is 3. The van der Waals surface area contributed by atoms with Gasteiger partial charge in [0.1, 0.15) is 0 Å². The van der Waals surface area contributed by atoms with E-state index in [0.29, 0.717) is 6.42 Å². The van der Waals surface area contributed by atoms with Gasteiger partial charge in [0, 0.05) is 0 Å². The van der Waals surface area contributed by atoms with Crippen molar-refractivity contribution >= 4 is 6.98 Å². The Labute approximate surface area is 102 Å². The molecule has 0 spiro atoms. The third-order valence-electron chi connectivity index (χ3n) is 1.03. The molecule has 0 aromatic heterocycles. The second kappa shape index (κ2) is 5.83. The first-order valence-electron chi connectivity index (χ1n) is 2.86. The fraction of sp³-hybridized carbons (Fsp3) is 0.600. The quantitative estimate of drug-likeness (QED) is 0.519. The molecule has 0 aromatic rings. The van der Waals surface area contributed by atoms with Gasteiger partial charge in [-0.2, -0.15) is 0 Å². The van der Waals surface area contributed by atoms with Gasteiger partial charge in [0.15, 0.2) is 0 Å². The molecule has 0 radical (unpaired) electrons. The molecule has 0 atom stereocenters. The molecule has 54 valence electrons. The van der Waals surface area contributed by atoms with E-state index in [9.17, 15) is 12.9 Å². The second-order valence-corrected chi connectivity index (χ2v) is 1.98. The monoisotopic (exact) mass is 176 g/mol. The summed E-state index contributed by atoms with van der Waals surface area (Å²) < 4.78 is 34.8. The maximum Gasteiger partial charge on any atom is 1.00 e. The van der Waals surface area contributed by atoms with Crippen LogP contribution in [-0.2, 0) is 0 Å². The molecule has 0 rings (SSSR count). The van der Waals surface area contributed by atoms with Gasteiger partial charge in [0.2, 0.25) is 0 Å². The van der Waals surface area contributed by atoms with Crippen molar-refractivity contribution in [2.24, 2.45) is 0 Å². The topological polar surface area (TPSA) is 0 Å². The predicted molar refractivity (Wildman–Crippen MR) is 33.1 cm³/mol. The van der Waals surface area contributed by atoms with Crippen LogP contribution in [0.25, 0.3) is 0 Å². The molecule has 0 aliphatic rings. The Morgan fingerprint density at radius 3 is 1.90 bits per heavy atom. The predicted octanol–water partition coefficient (Wildman–Crippen LogP) is -0.267. The summed E-state index contributed by atoms with van der Waals surface area (Å²) in [5.41, 5.74) is -0.572. The molecule has 5 heteroatoms. The molecule has 0 saturated heterocycles. The number of hydrogen-bond acceptors (Lipinski definition) is 0. The Bertz CT molecular complexity index is 110. The van der Waals surface area contributed by atoms with Crippen molar-refractivity contribution in [1.82, 2.24) is 0 Å². The van der Waals surface area contributed by atoms with Gasteiger partial charge in [-0.3, -0.25) is 0 Å². The second-order valence-electron chi connectivity index (χ2n) is 1.98. The van der Waals surface area contributed by atoms with Gasteiger partial charge in [-0.1, -0.05) is 19.8 Å². The van der Waals surface area contributed by atoms with Crippen LogP contribution in [0.4, 0.5) is 12.9 Å². The van der Waals surface area contributed by atoms with E-state index in [4.69, 9.17) is 0 Å². The van der Waals surface area contributed by atoms with Crippen LogP contribution in [-0.4, -0.2) is 6.98 Å². The molecule has 0 aliphatic heterocycles. The summed E-state index contributed by atoms with van der Waals surface area (Å²) in [4.78, 5) is 0. The third-order valence-corrected chi connectivity index (χ3v) is 1.03. The Kier molecular flexibility index (Phi) is 8.04. The van der Waals surface area contributed by atoms with E-state index in [1.165, 1.54) is 0 Å². The van der Waals surface area contributed by atoms with Crippen LogP contribution < -0.4 is 51.4 Å². The third kappa shape index (κ3) is 5.98. The minimum atomic E-state index is -4.77. The average Bonchev–Trinajstić information content (AvgIpc) is 1.64. The van der Waals surface area contributed by atoms with E-state index >= 15 is 0 Å². The van der Waals surface area contributed by atoms with Crippen LogP contribution in [0.5, 0.6) is 0 Å². The van der Waals surface area contributed by atoms with Gasteiger partial charge < -0.3 is 12.9 Å². The molecule has 0 unspecified atom stereocenters. The van der Waals surface area contributed by atoms with Crippen LogP contribution >= 0.6 is 0 Å². The number of rotatable bonds is 3. The van der Waals surface area contributed by atoms with Gasteiger partial charge >= 0.3 is 58.4 Å². The Morgan fingerprint density at radius 1 is 1.40 bits per heavy atom. The standard InChI is InChI=1S/C5H9BF3.K/c1-3-4-5(2)6(7,8)9;/h2-4H2,1H3;/q-1;+1. The van der Waals surface area contributed by atoms with Crippen molar-refractivity contribution in [2.75, 3.05) is 0 Å². The van der Waals surface area contributed by atoms with Crippen LogP contribution in [0.2, 0.25) is 0 Å². The summed E-state index contributed by atoms with van der Waals surface area (Å²) in [6.07, 6.45) is 0.587. The summed E-state index contributed by atoms with van der Waals surface area (Å²) >= 11 is 0. The maximum atomic E-state index is 11.6. The molecular weight excluding hydrogens is 167 g/mol. The molecule has 0 heterocycles. The van der Waals surface area contributed by atoms with E-state index in [1.807, 2.05) is 0 Å². The Balaban J connectivity index is 0. The average molecular weight is 176 g/mol. The van der Waals surface area contributed by atoms with Gasteiger partial charge in [0.05, 0.1) is 0 Å². The molecule has 0 aliphatic carbocycles. The fourth-order valence-corrected chi connectivity index (χ4v) is 0.485.